The Morgan fingerprint density at radius 3 is 2.80 bits per heavy atom. The number of hydrogen-bond donors (Lipinski definition) is 2. The van der Waals surface area contributed by atoms with Gasteiger partial charge in [-0.05, 0) is 24.6 Å². The molecular formula is C11H13N3O. The van der Waals surface area contributed by atoms with E-state index in [1.165, 1.54) is 0 Å². The molecule has 2 rings (SSSR count). The number of nitrogen functional groups attached to an aromatic ring is 1. The first-order valence-corrected chi connectivity index (χ1v) is 4.74. The third-order valence-corrected chi connectivity index (χ3v) is 2.32. The summed E-state index contributed by atoms with van der Waals surface area (Å²) in [6.07, 6.45) is 4.72. The van der Waals surface area contributed by atoms with Crippen LogP contribution in [0.15, 0.2) is 36.9 Å². The number of rotatable bonds is 2. The summed E-state index contributed by atoms with van der Waals surface area (Å²) >= 11 is 0. The highest BCUT2D eigenvalue weighted by atomic mass is 16.3. The first-order valence-electron chi connectivity index (χ1n) is 4.74. The molecule has 0 aliphatic rings. The Balaban J connectivity index is 2.44. The predicted octanol–water partition coefficient (Wildman–Crippen LogP) is 1.51. The summed E-state index contributed by atoms with van der Waals surface area (Å²) < 4.78 is 1.83. The summed E-state index contributed by atoms with van der Waals surface area (Å²) in [5.41, 5.74) is 8.21. The van der Waals surface area contributed by atoms with Gasteiger partial charge in [-0.3, -0.25) is 0 Å². The summed E-state index contributed by atoms with van der Waals surface area (Å²) in [6, 6.07) is 5.51. The zero-order valence-corrected chi connectivity index (χ0v) is 8.46. The van der Waals surface area contributed by atoms with Gasteiger partial charge in [0.25, 0.3) is 0 Å². The largest absolute Gasteiger partial charge is 0.397 e. The maximum absolute atomic E-state index is 9.39. The number of aliphatic hydroxyl groups excluding tert-OH is 1. The van der Waals surface area contributed by atoms with Crippen molar-refractivity contribution in [3.8, 4) is 5.69 Å². The molecule has 3 N–H and O–H groups in total. The molecule has 1 heterocycles. The third kappa shape index (κ3) is 1.85. The minimum Gasteiger partial charge on any atom is -0.397 e. The lowest BCUT2D eigenvalue weighted by atomic mass is 10.1. The Morgan fingerprint density at radius 1 is 1.47 bits per heavy atom. The van der Waals surface area contributed by atoms with Gasteiger partial charge in [0.2, 0.25) is 0 Å². The van der Waals surface area contributed by atoms with Crippen LogP contribution in [0, 0.1) is 0 Å². The van der Waals surface area contributed by atoms with Crippen LogP contribution in [0.5, 0.6) is 0 Å². The lowest BCUT2D eigenvalue weighted by molar-refractivity contribution is 0.199. The quantitative estimate of drug-likeness (QED) is 0.727. The van der Waals surface area contributed by atoms with Crippen LogP contribution in [0.4, 0.5) is 5.69 Å². The number of benzene rings is 1. The molecule has 78 valence electrons. The molecule has 0 unspecified atom stereocenters. The van der Waals surface area contributed by atoms with Crippen LogP contribution in [-0.4, -0.2) is 14.7 Å². The minimum absolute atomic E-state index is 0.496. The average molecular weight is 203 g/mol. The van der Waals surface area contributed by atoms with Crippen LogP contribution in [0.25, 0.3) is 5.69 Å². The van der Waals surface area contributed by atoms with Crippen LogP contribution in [-0.2, 0) is 0 Å². The fourth-order valence-electron chi connectivity index (χ4n) is 1.47. The van der Waals surface area contributed by atoms with Gasteiger partial charge in [0.05, 0.1) is 23.8 Å². The molecule has 0 aliphatic heterocycles. The number of imidazole rings is 1. The van der Waals surface area contributed by atoms with Crippen molar-refractivity contribution in [1.29, 1.82) is 0 Å². The maximum atomic E-state index is 9.39. The molecule has 0 amide bonds. The Kier molecular flexibility index (Phi) is 2.43. The smallest absolute Gasteiger partial charge is 0.0992 e. The SMILES string of the molecule is C[C@H](O)c1ccc(-n2ccnc2)c(N)c1. The monoisotopic (exact) mass is 203 g/mol. The van der Waals surface area contributed by atoms with Gasteiger partial charge >= 0.3 is 0 Å². The predicted molar refractivity (Wildman–Crippen MR) is 58.6 cm³/mol. The van der Waals surface area contributed by atoms with Gasteiger partial charge in [0, 0.05) is 12.4 Å². The van der Waals surface area contributed by atoms with Crippen LogP contribution >= 0.6 is 0 Å². The van der Waals surface area contributed by atoms with E-state index < -0.39 is 6.10 Å². The van der Waals surface area contributed by atoms with Crippen LogP contribution < -0.4 is 5.73 Å². The van der Waals surface area contributed by atoms with Crippen LogP contribution in [0.2, 0.25) is 0 Å². The number of aromatic nitrogens is 2. The lowest BCUT2D eigenvalue weighted by Crippen LogP contribution is -2.00. The highest BCUT2D eigenvalue weighted by Gasteiger charge is 2.05. The molecule has 0 bridgehead atoms. The van der Waals surface area contributed by atoms with Crippen molar-refractivity contribution in [3.63, 3.8) is 0 Å². The molecule has 0 spiro atoms. The Hall–Kier alpha value is -1.81. The van der Waals surface area contributed by atoms with Crippen LogP contribution in [0.3, 0.4) is 0 Å². The highest BCUT2D eigenvalue weighted by molar-refractivity contribution is 5.59. The van der Waals surface area contributed by atoms with E-state index in [0.29, 0.717) is 5.69 Å². The number of nitrogens with two attached hydrogens (primary N) is 1. The molecule has 0 saturated heterocycles. The molecule has 4 nitrogen and oxygen atoms in total. The topological polar surface area (TPSA) is 64.1 Å². The summed E-state index contributed by atoms with van der Waals surface area (Å²) in [5, 5.41) is 9.39. The first kappa shape index (κ1) is 9.73. The molecule has 1 atom stereocenters. The van der Waals surface area contributed by atoms with Gasteiger partial charge in [-0.15, -0.1) is 0 Å². The second kappa shape index (κ2) is 3.74. The van der Waals surface area contributed by atoms with Crippen molar-refractivity contribution in [2.75, 3.05) is 5.73 Å². The molecule has 1 aromatic carbocycles. The molecule has 1 aromatic heterocycles. The van der Waals surface area contributed by atoms with Crippen molar-refractivity contribution >= 4 is 5.69 Å². The van der Waals surface area contributed by atoms with Gasteiger partial charge in [0.15, 0.2) is 0 Å². The van der Waals surface area contributed by atoms with Gasteiger partial charge in [-0.2, -0.15) is 0 Å². The Bertz CT molecular complexity index is 449. The molecule has 0 saturated carbocycles. The molecule has 4 heteroatoms. The minimum atomic E-state index is -0.496. The van der Waals surface area contributed by atoms with Crippen molar-refractivity contribution in [1.82, 2.24) is 9.55 Å². The summed E-state index contributed by atoms with van der Waals surface area (Å²) in [6.45, 7) is 1.71. The molecule has 15 heavy (non-hydrogen) atoms. The van der Waals surface area contributed by atoms with E-state index in [-0.39, 0.29) is 0 Å². The van der Waals surface area contributed by atoms with Gasteiger partial charge in [-0.1, -0.05) is 6.07 Å². The average Bonchev–Trinajstić information content (AvgIpc) is 2.70. The molecule has 0 radical (unpaired) electrons. The normalized spacial score (nSPS) is 12.7. The van der Waals surface area contributed by atoms with Gasteiger partial charge < -0.3 is 15.4 Å². The molecule has 0 aliphatic carbocycles. The lowest BCUT2D eigenvalue weighted by Gasteiger charge is -2.10. The standard InChI is InChI=1S/C11H13N3O/c1-8(15)9-2-3-11(10(12)6-9)14-5-4-13-7-14/h2-8,15H,12H2,1H3/t8-/m0/s1. The van der Waals surface area contributed by atoms with Crippen molar-refractivity contribution in [3.05, 3.63) is 42.5 Å². The number of nitrogens with zero attached hydrogens (tertiary/aromatic N) is 2. The third-order valence-electron chi connectivity index (χ3n) is 2.32. The molecule has 2 aromatic rings. The maximum Gasteiger partial charge on any atom is 0.0992 e. The first-order chi connectivity index (χ1) is 7.18. The molecular weight excluding hydrogens is 190 g/mol. The van der Waals surface area contributed by atoms with E-state index in [4.69, 9.17) is 5.73 Å². The van der Waals surface area contributed by atoms with E-state index in [9.17, 15) is 5.11 Å². The molecule has 0 fully saturated rings. The Morgan fingerprint density at radius 2 is 2.27 bits per heavy atom. The van der Waals surface area contributed by atoms with Crippen molar-refractivity contribution in [2.45, 2.75) is 13.0 Å². The van der Waals surface area contributed by atoms with E-state index >= 15 is 0 Å². The summed E-state index contributed by atoms with van der Waals surface area (Å²) in [7, 11) is 0. The van der Waals surface area contributed by atoms with Gasteiger partial charge in [0.1, 0.15) is 0 Å². The number of hydrogen-bond acceptors (Lipinski definition) is 3. The van der Waals surface area contributed by atoms with E-state index in [1.54, 1.807) is 25.5 Å². The van der Waals surface area contributed by atoms with Crippen molar-refractivity contribution in [2.24, 2.45) is 0 Å². The fourth-order valence-corrected chi connectivity index (χ4v) is 1.47. The second-order valence-corrected chi connectivity index (χ2v) is 3.46. The fraction of sp³-hybridized carbons (Fsp3) is 0.182. The zero-order chi connectivity index (χ0) is 10.8. The van der Waals surface area contributed by atoms with Gasteiger partial charge in [-0.25, -0.2) is 4.98 Å². The van der Waals surface area contributed by atoms with E-state index in [2.05, 4.69) is 4.98 Å². The van der Waals surface area contributed by atoms with E-state index in [1.807, 2.05) is 22.9 Å². The Labute approximate surface area is 88.0 Å². The summed E-state index contributed by atoms with van der Waals surface area (Å²) in [5.74, 6) is 0. The number of aliphatic hydroxyl groups is 1. The highest BCUT2D eigenvalue weighted by Crippen LogP contribution is 2.22. The van der Waals surface area contributed by atoms with Crippen molar-refractivity contribution < 1.29 is 5.11 Å². The summed E-state index contributed by atoms with van der Waals surface area (Å²) in [4.78, 5) is 3.96. The second-order valence-electron chi connectivity index (χ2n) is 3.46. The zero-order valence-electron chi connectivity index (χ0n) is 8.46. The number of anilines is 1. The van der Waals surface area contributed by atoms with Crippen LogP contribution in [0.1, 0.15) is 18.6 Å². The van der Waals surface area contributed by atoms with E-state index in [0.717, 1.165) is 11.3 Å².